The van der Waals surface area contributed by atoms with Crippen molar-refractivity contribution in [2.45, 2.75) is 55.5 Å². The van der Waals surface area contributed by atoms with Crippen molar-refractivity contribution in [1.29, 1.82) is 0 Å². The van der Waals surface area contributed by atoms with Gasteiger partial charge in [-0.1, -0.05) is 40.2 Å². The molecule has 4 rings (SSSR count). The molecule has 0 aliphatic carbocycles. The van der Waals surface area contributed by atoms with Gasteiger partial charge in [-0.2, -0.15) is 0 Å². The molecule has 0 unspecified atom stereocenters. The second-order valence-corrected chi connectivity index (χ2v) is 10.9. The van der Waals surface area contributed by atoms with Crippen LogP contribution in [0.3, 0.4) is 0 Å². The minimum absolute atomic E-state index is 0.156. The number of nitrogens with zero attached hydrogens (tertiary/aromatic N) is 3. The summed E-state index contributed by atoms with van der Waals surface area (Å²) in [6, 6.07) is 7.00. The lowest BCUT2D eigenvalue weighted by Gasteiger charge is -2.44. The highest BCUT2D eigenvalue weighted by Crippen LogP contribution is 2.42. The van der Waals surface area contributed by atoms with E-state index in [0.717, 1.165) is 23.9 Å². The third kappa shape index (κ3) is 7.53. The number of esters is 3. The van der Waals surface area contributed by atoms with Crippen LogP contribution in [0.15, 0.2) is 47.5 Å². The first-order chi connectivity index (χ1) is 19.4. The zero-order valence-electron chi connectivity index (χ0n) is 21.8. The number of thioether (sulfide) groups is 1. The molecule has 5 atom stereocenters. The number of benzene rings is 2. The van der Waals surface area contributed by atoms with E-state index in [9.17, 15) is 23.2 Å². The molecule has 2 heterocycles. The van der Waals surface area contributed by atoms with E-state index in [0.29, 0.717) is 9.92 Å². The molecule has 0 N–H and O–H groups in total. The second kappa shape index (κ2) is 13.1. The van der Waals surface area contributed by atoms with Gasteiger partial charge in [0.1, 0.15) is 29.9 Å². The monoisotopic (exact) mass is 629 g/mol. The van der Waals surface area contributed by atoms with Crippen LogP contribution in [0.25, 0.3) is 11.3 Å². The summed E-state index contributed by atoms with van der Waals surface area (Å²) in [6.45, 7) is 3.25. The number of rotatable bonds is 8. The largest absolute Gasteiger partial charge is 0.463 e. The van der Waals surface area contributed by atoms with Crippen molar-refractivity contribution in [3.05, 3.63) is 64.3 Å². The van der Waals surface area contributed by atoms with Crippen molar-refractivity contribution < 1.29 is 42.1 Å². The van der Waals surface area contributed by atoms with Gasteiger partial charge in [0.2, 0.25) is 0 Å². The van der Waals surface area contributed by atoms with Crippen LogP contribution in [0.1, 0.15) is 26.8 Å². The molecule has 41 heavy (non-hydrogen) atoms. The van der Waals surface area contributed by atoms with E-state index in [-0.39, 0.29) is 22.9 Å². The standard InChI is InChI=1S/C26H23Cl2F2N3O7S/c1-12(34)37-11-22-24(38-13(2)35)23(33-10-21(31-32-33)15-4-7-19(29)20(30)8-15)25(39-14(3)36)26(40-22)41-16-5-6-17(27)18(28)9-16/h4-10,22-26H,11H2,1-3H3/t22-,23+,24+,25-,26-/m1/s1. The molecule has 10 nitrogen and oxygen atoms in total. The minimum Gasteiger partial charge on any atom is -0.463 e. The normalized spacial score (nSPS) is 22.2. The Bertz CT molecular complexity index is 1460. The molecule has 218 valence electrons. The molecule has 1 aromatic heterocycles. The molecule has 1 aliphatic heterocycles. The number of halogens is 4. The Morgan fingerprint density at radius 2 is 1.66 bits per heavy atom. The van der Waals surface area contributed by atoms with Crippen molar-refractivity contribution in [1.82, 2.24) is 15.0 Å². The smallest absolute Gasteiger partial charge is 0.303 e. The number of hydrogen-bond donors (Lipinski definition) is 0. The second-order valence-electron chi connectivity index (χ2n) is 8.89. The zero-order chi connectivity index (χ0) is 29.8. The fourth-order valence-corrected chi connectivity index (χ4v) is 5.69. The van der Waals surface area contributed by atoms with E-state index in [1.807, 2.05) is 0 Å². The highest BCUT2D eigenvalue weighted by atomic mass is 35.5. The number of hydrogen-bond acceptors (Lipinski definition) is 10. The van der Waals surface area contributed by atoms with Gasteiger partial charge in [0.05, 0.1) is 16.2 Å². The number of carbonyl (C=O) groups excluding carboxylic acids is 3. The fraction of sp³-hybridized carbons (Fsp3) is 0.346. The topological polar surface area (TPSA) is 119 Å². The van der Waals surface area contributed by atoms with Gasteiger partial charge < -0.3 is 18.9 Å². The Morgan fingerprint density at radius 3 is 2.29 bits per heavy atom. The van der Waals surface area contributed by atoms with Crippen molar-refractivity contribution in [2.24, 2.45) is 0 Å². The maximum absolute atomic E-state index is 13.9. The van der Waals surface area contributed by atoms with Gasteiger partial charge in [0.15, 0.2) is 23.8 Å². The maximum atomic E-state index is 13.9. The van der Waals surface area contributed by atoms with Gasteiger partial charge in [0.25, 0.3) is 0 Å². The summed E-state index contributed by atoms with van der Waals surface area (Å²) in [5, 5.41) is 8.80. The van der Waals surface area contributed by atoms with Crippen LogP contribution in [0.4, 0.5) is 8.78 Å². The molecule has 0 spiro atoms. The highest BCUT2D eigenvalue weighted by Gasteiger charge is 2.52. The minimum atomic E-state index is -1.19. The molecule has 1 fully saturated rings. The lowest BCUT2D eigenvalue weighted by molar-refractivity contribution is -0.212. The molecular weight excluding hydrogens is 607 g/mol. The number of aromatic nitrogens is 3. The van der Waals surface area contributed by atoms with Crippen LogP contribution in [-0.2, 0) is 33.3 Å². The Labute approximate surface area is 247 Å². The average Bonchev–Trinajstić information content (AvgIpc) is 3.37. The van der Waals surface area contributed by atoms with E-state index < -0.39 is 59.3 Å². The molecule has 0 bridgehead atoms. The molecule has 15 heteroatoms. The van der Waals surface area contributed by atoms with Crippen LogP contribution in [-0.4, -0.2) is 63.3 Å². The van der Waals surface area contributed by atoms with Crippen LogP contribution in [0.5, 0.6) is 0 Å². The van der Waals surface area contributed by atoms with Crippen molar-refractivity contribution in [2.75, 3.05) is 6.61 Å². The van der Waals surface area contributed by atoms with Crippen LogP contribution in [0, 0.1) is 11.6 Å². The average molecular weight is 630 g/mol. The van der Waals surface area contributed by atoms with Crippen LogP contribution in [0.2, 0.25) is 10.0 Å². The van der Waals surface area contributed by atoms with E-state index in [1.54, 1.807) is 18.2 Å². The lowest BCUT2D eigenvalue weighted by Crippen LogP contribution is -2.57. The molecule has 0 saturated carbocycles. The quantitative estimate of drug-likeness (QED) is 0.248. The summed E-state index contributed by atoms with van der Waals surface area (Å²) in [4.78, 5) is 36.7. The van der Waals surface area contributed by atoms with Gasteiger partial charge in [-0.25, -0.2) is 13.5 Å². The van der Waals surface area contributed by atoms with Crippen molar-refractivity contribution in [3.63, 3.8) is 0 Å². The first-order valence-corrected chi connectivity index (χ1v) is 13.7. The van der Waals surface area contributed by atoms with Crippen molar-refractivity contribution in [3.8, 4) is 11.3 Å². The fourth-order valence-electron chi connectivity index (χ4n) is 4.17. The van der Waals surface area contributed by atoms with E-state index in [2.05, 4.69) is 10.3 Å². The van der Waals surface area contributed by atoms with E-state index in [1.165, 1.54) is 37.7 Å². The SMILES string of the molecule is CC(=O)OC[C@H]1O[C@H](Sc2ccc(Cl)c(Cl)c2)[C@H](OC(C)=O)[C@@H](n2cc(-c3ccc(F)c(F)c3)nn2)[C@H]1OC(C)=O. The first-order valence-electron chi connectivity index (χ1n) is 12.0. The molecule has 0 amide bonds. The Balaban J connectivity index is 1.80. The first kappa shape index (κ1) is 30.7. The molecule has 0 radical (unpaired) electrons. The Hall–Kier alpha value is -3.26. The van der Waals surface area contributed by atoms with E-state index >= 15 is 0 Å². The summed E-state index contributed by atoms with van der Waals surface area (Å²) in [7, 11) is 0. The third-order valence-electron chi connectivity index (χ3n) is 5.85. The Kier molecular flexibility index (Phi) is 9.84. The predicted molar refractivity (Wildman–Crippen MR) is 143 cm³/mol. The highest BCUT2D eigenvalue weighted by molar-refractivity contribution is 7.99. The van der Waals surface area contributed by atoms with Crippen molar-refractivity contribution >= 4 is 52.9 Å². The van der Waals surface area contributed by atoms with Gasteiger partial charge in [-0.3, -0.25) is 14.4 Å². The summed E-state index contributed by atoms with van der Waals surface area (Å²) < 4.78 is 51.4. The third-order valence-corrected chi connectivity index (χ3v) is 7.72. The molecular formula is C26H23Cl2F2N3O7S. The van der Waals surface area contributed by atoms with Gasteiger partial charge >= 0.3 is 17.9 Å². The summed E-state index contributed by atoms with van der Waals surface area (Å²) in [6.07, 6.45) is -1.99. The van der Waals surface area contributed by atoms with Gasteiger partial charge in [-0.05, 0) is 36.4 Å². The van der Waals surface area contributed by atoms with Gasteiger partial charge in [0, 0.05) is 31.2 Å². The van der Waals surface area contributed by atoms with Crippen LogP contribution < -0.4 is 0 Å². The maximum Gasteiger partial charge on any atom is 0.303 e. The number of ether oxygens (including phenoxy) is 4. The lowest BCUT2D eigenvalue weighted by atomic mass is 9.96. The summed E-state index contributed by atoms with van der Waals surface area (Å²) >= 11 is 13.4. The van der Waals surface area contributed by atoms with Gasteiger partial charge in [-0.15, -0.1) is 5.10 Å². The van der Waals surface area contributed by atoms with Crippen LogP contribution >= 0.6 is 35.0 Å². The molecule has 1 saturated heterocycles. The molecule has 3 aromatic rings. The van der Waals surface area contributed by atoms with E-state index in [4.69, 9.17) is 42.1 Å². The summed E-state index contributed by atoms with van der Waals surface area (Å²) in [5.74, 6) is -4.10. The molecule has 1 aliphatic rings. The Morgan fingerprint density at radius 1 is 0.951 bits per heavy atom. The zero-order valence-corrected chi connectivity index (χ0v) is 24.1. The number of carbonyl (C=O) groups is 3. The predicted octanol–water partition coefficient (Wildman–Crippen LogP) is 5.01. The summed E-state index contributed by atoms with van der Waals surface area (Å²) in [5.41, 5.74) is -0.596. The molecule has 2 aromatic carbocycles.